The highest BCUT2D eigenvalue weighted by Gasteiger charge is 2.25. The van der Waals surface area contributed by atoms with Crippen LogP contribution in [0.5, 0.6) is 5.75 Å². The predicted octanol–water partition coefficient (Wildman–Crippen LogP) is 2.61. The zero-order valence-corrected chi connectivity index (χ0v) is 9.99. The van der Waals surface area contributed by atoms with Crippen LogP contribution in [0.1, 0.15) is 24.8 Å². The summed E-state index contributed by atoms with van der Waals surface area (Å²) >= 11 is 0. The van der Waals surface area contributed by atoms with Gasteiger partial charge in [0.1, 0.15) is 5.75 Å². The number of hydrogen-bond acceptors (Lipinski definition) is 2. The molecule has 1 fully saturated rings. The zero-order valence-electron chi connectivity index (χ0n) is 9.99. The third-order valence-electron chi connectivity index (χ3n) is 3.75. The van der Waals surface area contributed by atoms with E-state index in [-0.39, 0.29) is 0 Å². The Labute approximate surface area is 97.8 Å². The Morgan fingerprint density at radius 1 is 1.31 bits per heavy atom. The van der Waals surface area contributed by atoms with Crippen LogP contribution >= 0.6 is 0 Å². The highest BCUT2D eigenvalue weighted by atomic mass is 16.5. The maximum Gasteiger partial charge on any atom is 0.119 e. The van der Waals surface area contributed by atoms with Crippen molar-refractivity contribution >= 4 is 0 Å². The average Bonchev–Trinajstić information content (AvgIpc) is 2.76. The van der Waals surface area contributed by atoms with E-state index in [0.717, 1.165) is 30.6 Å². The van der Waals surface area contributed by atoms with Crippen LogP contribution in [0, 0.1) is 11.8 Å². The molecule has 1 aromatic carbocycles. The molecule has 16 heavy (non-hydrogen) atoms. The van der Waals surface area contributed by atoms with E-state index in [1.165, 1.54) is 24.8 Å². The van der Waals surface area contributed by atoms with Gasteiger partial charge in [-0.1, -0.05) is 18.6 Å². The molecule has 2 nitrogen and oxygen atoms in total. The summed E-state index contributed by atoms with van der Waals surface area (Å²) in [5.74, 6) is 2.46. The van der Waals surface area contributed by atoms with Gasteiger partial charge in [0, 0.05) is 0 Å². The fourth-order valence-electron chi connectivity index (χ4n) is 2.79. The van der Waals surface area contributed by atoms with Gasteiger partial charge in [0.15, 0.2) is 0 Å². The monoisotopic (exact) mass is 219 g/mol. The predicted molar refractivity (Wildman–Crippen MR) is 66.6 cm³/mol. The molecule has 0 aromatic heterocycles. The van der Waals surface area contributed by atoms with Gasteiger partial charge in [-0.25, -0.2) is 0 Å². The quantitative estimate of drug-likeness (QED) is 0.845. The van der Waals surface area contributed by atoms with Crippen molar-refractivity contribution in [1.82, 2.24) is 0 Å². The minimum Gasteiger partial charge on any atom is -0.497 e. The van der Waals surface area contributed by atoms with E-state index in [9.17, 15) is 0 Å². The van der Waals surface area contributed by atoms with E-state index >= 15 is 0 Å². The molecule has 0 bridgehead atoms. The highest BCUT2D eigenvalue weighted by molar-refractivity contribution is 5.28. The molecule has 0 spiro atoms. The lowest BCUT2D eigenvalue weighted by molar-refractivity contribution is 0.391. The van der Waals surface area contributed by atoms with Crippen LogP contribution in [-0.4, -0.2) is 13.7 Å². The minimum atomic E-state index is 0.728. The van der Waals surface area contributed by atoms with Crippen LogP contribution in [0.25, 0.3) is 0 Å². The Kier molecular flexibility index (Phi) is 3.83. The second kappa shape index (κ2) is 5.35. The van der Waals surface area contributed by atoms with Gasteiger partial charge in [0.25, 0.3) is 0 Å². The molecule has 0 amide bonds. The summed E-state index contributed by atoms with van der Waals surface area (Å²) < 4.78 is 5.25. The van der Waals surface area contributed by atoms with Crippen LogP contribution in [0.3, 0.4) is 0 Å². The highest BCUT2D eigenvalue weighted by Crippen LogP contribution is 2.33. The number of benzene rings is 1. The van der Waals surface area contributed by atoms with Gasteiger partial charge in [0.05, 0.1) is 7.11 Å². The zero-order chi connectivity index (χ0) is 11.4. The van der Waals surface area contributed by atoms with Gasteiger partial charge >= 0.3 is 0 Å². The molecule has 1 aliphatic carbocycles. The Morgan fingerprint density at radius 2 is 2.12 bits per heavy atom. The molecule has 1 aliphatic rings. The SMILES string of the molecule is COc1cccc(CC2CCCC2CN)c1. The third kappa shape index (κ3) is 2.56. The number of ether oxygens (including phenoxy) is 1. The molecule has 2 rings (SSSR count). The molecule has 2 unspecified atom stereocenters. The van der Waals surface area contributed by atoms with Gasteiger partial charge in [-0.3, -0.25) is 0 Å². The minimum absolute atomic E-state index is 0.728. The van der Waals surface area contributed by atoms with E-state index in [1.807, 2.05) is 6.07 Å². The van der Waals surface area contributed by atoms with Crippen molar-refractivity contribution in [3.63, 3.8) is 0 Å². The van der Waals surface area contributed by atoms with Crippen LogP contribution in [-0.2, 0) is 6.42 Å². The summed E-state index contributed by atoms with van der Waals surface area (Å²) in [5.41, 5.74) is 7.19. The molecule has 1 aromatic rings. The summed E-state index contributed by atoms with van der Waals surface area (Å²) in [6, 6.07) is 8.40. The van der Waals surface area contributed by atoms with Crippen molar-refractivity contribution in [3.05, 3.63) is 29.8 Å². The fourth-order valence-corrected chi connectivity index (χ4v) is 2.79. The number of rotatable bonds is 4. The second-order valence-electron chi connectivity index (χ2n) is 4.74. The van der Waals surface area contributed by atoms with Crippen LogP contribution in [0.2, 0.25) is 0 Å². The lowest BCUT2D eigenvalue weighted by atomic mass is 9.90. The summed E-state index contributed by atoms with van der Waals surface area (Å²) in [5, 5.41) is 0. The van der Waals surface area contributed by atoms with Gasteiger partial charge in [-0.2, -0.15) is 0 Å². The van der Waals surface area contributed by atoms with Crippen LogP contribution in [0.15, 0.2) is 24.3 Å². The second-order valence-corrected chi connectivity index (χ2v) is 4.74. The first-order valence-corrected chi connectivity index (χ1v) is 6.16. The van der Waals surface area contributed by atoms with E-state index in [2.05, 4.69) is 18.2 Å². The normalized spacial score (nSPS) is 24.6. The summed E-state index contributed by atoms with van der Waals surface area (Å²) in [6.07, 6.45) is 5.14. The van der Waals surface area contributed by atoms with E-state index in [0.29, 0.717) is 0 Å². The van der Waals surface area contributed by atoms with E-state index < -0.39 is 0 Å². The van der Waals surface area contributed by atoms with Crippen molar-refractivity contribution < 1.29 is 4.74 Å². The van der Waals surface area contributed by atoms with Gasteiger partial charge in [-0.05, 0) is 55.3 Å². The van der Waals surface area contributed by atoms with Gasteiger partial charge < -0.3 is 10.5 Å². The molecule has 2 heteroatoms. The van der Waals surface area contributed by atoms with Crippen molar-refractivity contribution in [2.45, 2.75) is 25.7 Å². The third-order valence-corrected chi connectivity index (χ3v) is 3.75. The molecule has 1 saturated carbocycles. The smallest absolute Gasteiger partial charge is 0.119 e. The molecule has 2 atom stereocenters. The Morgan fingerprint density at radius 3 is 2.88 bits per heavy atom. The Hall–Kier alpha value is -1.02. The topological polar surface area (TPSA) is 35.2 Å². The van der Waals surface area contributed by atoms with Crippen molar-refractivity contribution in [3.8, 4) is 5.75 Å². The molecule has 0 aliphatic heterocycles. The molecule has 0 saturated heterocycles. The maximum atomic E-state index is 5.81. The first kappa shape index (κ1) is 11.5. The molecule has 88 valence electrons. The Bertz CT molecular complexity index is 337. The fraction of sp³-hybridized carbons (Fsp3) is 0.571. The van der Waals surface area contributed by atoms with E-state index in [1.54, 1.807) is 7.11 Å². The maximum absolute atomic E-state index is 5.81. The largest absolute Gasteiger partial charge is 0.497 e. The van der Waals surface area contributed by atoms with Gasteiger partial charge in [-0.15, -0.1) is 0 Å². The number of nitrogens with two attached hydrogens (primary N) is 1. The Balaban J connectivity index is 2.02. The molecule has 0 radical (unpaired) electrons. The summed E-state index contributed by atoms with van der Waals surface area (Å²) in [4.78, 5) is 0. The van der Waals surface area contributed by atoms with Crippen LogP contribution in [0.4, 0.5) is 0 Å². The molecule has 2 N–H and O–H groups in total. The number of methoxy groups -OCH3 is 1. The first-order chi connectivity index (χ1) is 7.83. The molecule has 0 heterocycles. The molecular weight excluding hydrogens is 198 g/mol. The lowest BCUT2D eigenvalue weighted by Crippen LogP contribution is -2.20. The lowest BCUT2D eigenvalue weighted by Gasteiger charge is -2.17. The van der Waals surface area contributed by atoms with E-state index in [4.69, 9.17) is 10.5 Å². The van der Waals surface area contributed by atoms with Crippen molar-refractivity contribution in [1.29, 1.82) is 0 Å². The summed E-state index contributed by atoms with van der Waals surface area (Å²) in [6.45, 7) is 0.842. The van der Waals surface area contributed by atoms with Crippen molar-refractivity contribution in [2.24, 2.45) is 17.6 Å². The van der Waals surface area contributed by atoms with Crippen LogP contribution < -0.4 is 10.5 Å². The number of hydrogen-bond donors (Lipinski definition) is 1. The van der Waals surface area contributed by atoms with Gasteiger partial charge in [0.2, 0.25) is 0 Å². The average molecular weight is 219 g/mol. The molecular formula is C14H21NO. The first-order valence-electron chi connectivity index (χ1n) is 6.16. The standard InChI is InChI=1S/C14H21NO/c1-16-14-7-2-4-11(9-14)8-12-5-3-6-13(12)10-15/h2,4,7,9,12-13H,3,5-6,8,10,15H2,1H3. The summed E-state index contributed by atoms with van der Waals surface area (Å²) in [7, 11) is 1.72. The van der Waals surface area contributed by atoms with Crippen molar-refractivity contribution in [2.75, 3.05) is 13.7 Å².